The van der Waals surface area contributed by atoms with Crippen LogP contribution < -0.4 is 5.32 Å². The molecule has 0 bridgehead atoms. The molecule has 6 heteroatoms. The Labute approximate surface area is 178 Å². The smallest absolute Gasteiger partial charge is 0.265 e. The number of likely N-dealkylation sites (tertiary alicyclic amines) is 1. The summed E-state index contributed by atoms with van der Waals surface area (Å²) >= 11 is 8.03. The molecule has 29 heavy (non-hydrogen) atoms. The van der Waals surface area contributed by atoms with Crippen molar-refractivity contribution in [3.05, 3.63) is 57.7 Å². The Hall–Kier alpha value is -1.95. The SMILES string of the molecule is Cc1cc(-c2ccc3c(Cl)c(C(=O)N4CC5(CCC(C)N5)C4)sc3c2)ccc1F. The Morgan fingerprint density at radius 3 is 2.66 bits per heavy atom. The van der Waals surface area contributed by atoms with Gasteiger partial charge < -0.3 is 10.2 Å². The average Bonchev–Trinajstić information content (AvgIpc) is 3.22. The van der Waals surface area contributed by atoms with Gasteiger partial charge in [0.2, 0.25) is 0 Å². The van der Waals surface area contributed by atoms with Crippen LogP contribution >= 0.6 is 22.9 Å². The van der Waals surface area contributed by atoms with Crippen LogP contribution in [0, 0.1) is 12.7 Å². The van der Waals surface area contributed by atoms with E-state index in [0.29, 0.717) is 21.5 Å². The molecule has 2 aliphatic rings. The fraction of sp³-hybridized carbons (Fsp3) is 0.348. The lowest BCUT2D eigenvalue weighted by molar-refractivity contribution is 0.0347. The fourth-order valence-corrected chi connectivity index (χ4v) is 6.11. The van der Waals surface area contributed by atoms with Crippen LogP contribution in [-0.2, 0) is 0 Å². The van der Waals surface area contributed by atoms with Gasteiger partial charge in [-0.2, -0.15) is 0 Å². The van der Waals surface area contributed by atoms with Gasteiger partial charge in [-0.1, -0.05) is 29.8 Å². The van der Waals surface area contributed by atoms with E-state index in [4.69, 9.17) is 11.6 Å². The van der Waals surface area contributed by atoms with Crippen molar-refractivity contribution in [1.82, 2.24) is 10.2 Å². The highest BCUT2D eigenvalue weighted by Gasteiger charge is 2.49. The zero-order chi connectivity index (χ0) is 20.3. The van der Waals surface area contributed by atoms with Crippen LogP contribution in [0.1, 0.15) is 35.0 Å². The first-order chi connectivity index (χ1) is 13.8. The standard InChI is InChI=1S/C23H22ClFN2OS/c1-13-9-15(4-6-18(13)25)16-3-5-17-19(10-16)29-21(20(17)24)22(28)27-11-23(12-27)8-7-14(2)26-23/h3-6,9-10,14,26H,7-8,11-12H2,1-2H3. The Morgan fingerprint density at radius 2 is 1.97 bits per heavy atom. The van der Waals surface area contributed by atoms with Gasteiger partial charge in [-0.3, -0.25) is 4.79 Å². The van der Waals surface area contributed by atoms with Crippen molar-refractivity contribution in [3.8, 4) is 11.1 Å². The molecule has 5 rings (SSSR count). The highest BCUT2D eigenvalue weighted by Crippen LogP contribution is 2.40. The van der Waals surface area contributed by atoms with Gasteiger partial charge in [-0.05, 0) is 61.6 Å². The van der Waals surface area contributed by atoms with E-state index >= 15 is 0 Å². The molecule has 0 saturated carbocycles. The summed E-state index contributed by atoms with van der Waals surface area (Å²) in [5.41, 5.74) is 2.66. The lowest BCUT2D eigenvalue weighted by Crippen LogP contribution is -2.68. The van der Waals surface area contributed by atoms with E-state index < -0.39 is 0 Å². The summed E-state index contributed by atoms with van der Waals surface area (Å²) in [6.07, 6.45) is 2.29. The van der Waals surface area contributed by atoms with Crippen LogP contribution in [0.4, 0.5) is 4.39 Å². The molecule has 1 atom stereocenters. The zero-order valence-corrected chi connectivity index (χ0v) is 18.0. The number of nitrogens with one attached hydrogen (secondary N) is 1. The van der Waals surface area contributed by atoms with Gasteiger partial charge >= 0.3 is 0 Å². The number of carbonyl (C=O) groups is 1. The van der Waals surface area contributed by atoms with Gasteiger partial charge in [0.15, 0.2) is 0 Å². The van der Waals surface area contributed by atoms with E-state index in [2.05, 4.69) is 12.2 Å². The van der Waals surface area contributed by atoms with Crippen LogP contribution in [0.3, 0.4) is 0 Å². The second-order valence-electron chi connectivity index (χ2n) is 8.45. The number of thiophene rings is 1. The molecule has 1 N–H and O–H groups in total. The molecule has 150 valence electrons. The minimum absolute atomic E-state index is 0.0161. The minimum atomic E-state index is -0.208. The quantitative estimate of drug-likeness (QED) is 0.573. The van der Waals surface area contributed by atoms with Crippen molar-refractivity contribution < 1.29 is 9.18 Å². The van der Waals surface area contributed by atoms with Crippen molar-refractivity contribution in [2.24, 2.45) is 0 Å². The number of hydrogen-bond donors (Lipinski definition) is 1. The lowest BCUT2D eigenvalue weighted by atomic mass is 9.88. The first-order valence-corrected chi connectivity index (χ1v) is 11.1. The number of rotatable bonds is 2. The molecule has 1 aromatic heterocycles. The van der Waals surface area contributed by atoms with Gasteiger partial charge in [-0.15, -0.1) is 11.3 Å². The van der Waals surface area contributed by atoms with Gasteiger partial charge in [0.1, 0.15) is 10.7 Å². The van der Waals surface area contributed by atoms with Crippen molar-refractivity contribution in [1.29, 1.82) is 0 Å². The molecule has 1 amide bonds. The van der Waals surface area contributed by atoms with Crippen molar-refractivity contribution >= 4 is 38.9 Å². The molecule has 3 aromatic rings. The van der Waals surface area contributed by atoms with Gasteiger partial charge in [0.25, 0.3) is 5.91 Å². The van der Waals surface area contributed by atoms with Crippen molar-refractivity contribution in [2.75, 3.05) is 13.1 Å². The highest BCUT2D eigenvalue weighted by atomic mass is 35.5. The predicted molar refractivity (Wildman–Crippen MR) is 117 cm³/mol. The number of fused-ring (bicyclic) bond motifs is 1. The second kappa shape index (κ2) is 6.79. The van der Waals surface area contributed by atoms with Crippen LogP contribution in [0.5, 0.6) is 0 Å². The predicted octanol–water partition coefficient (Wildman–Crippen LogP) is 5.64. The first-order valence-electron chi connectivity index (χ1n) is 9.91. The Balaban J connectivity index is 1.43. The van der Waals surface area contributed by atoms with Crippen LogP contribution in [0.2, 0.25) is 5.02 Å². The molecule has 1 unspecified atom stereocenters. The molecular formula is C23H22ClFN2OS. The van der Waals surface area contributed by atoms with E-state index in [1.54, 1.807) is 13.0 Å². The van der Waals surface area contributed by atoms with E-state index in [9.17, 15) is 9.18 Å². The molecular weight excluding hydrogens is 407 g/mol. The number of halogens is 2. The number of nitrogens with zero attached hydrogens (tertiary/aromatic N) is 1. The molecule has 3 heterocycles. The molecule has 2 saturated heterocycles. The average molecular weight is 429 g/mol. The zero-order valence-electron chi connectivity index (χ0n) is 16.4. The van der Waals surface area contributed by atoms with Crippen LogP contribution in [0.25, 0.3) is 21.2 Å². The fourth-order valence-electron chi connectivity index (χ4n) is 4.59. The summed E-state index contributed by atoms with van der Waals surface area (Å²) in [6, 6.07) is 11.6. The summed E-state index contributed by atoms with van der Waals surface area (Å²) in [7, 11) is 0. The van der Waals surface area contributed by atoms with Gasteiger partial charge in [0, 0.05) is 29.2 Å². The Bertz CT molecular complexity index is 1140. The van der Waals surface area contributed by atoms with E-state index in [0.717, 1.165) is 47.1 Å². The summed E-state index contributed by atoms with van der Waals surface area (Å²) in [6.45, 7) is 5.46. The lowest BCUT2D eigenvalue weighted by Gasteiger charge is -2.48. The maximum absolute atomic E-state index is 13.6. The summed E-state index contributed by atoms with van der Waals surface area (Å²) in [4.78, 5) is 15.6. The summed E-state index contributed by atoms with van der Waals surface area (Å²) in [5.74, 6) is -0.192. The molecule has 0 aliphatic carbocycles. The monoisotopic (exact) mass is 428 g/mol. The largest absolute Gasteiger partial charge is 0.334 e. The number of benzene rings is 2. The third kappa shape index (κ3) is 3.16. The molecule has 2 aliphatic heterocycles. The normalized spacial score (nSPS) is 20.4. The summed E-state index contributed by atoms with van der Waals surface area (Å²) in [5, 5.41) is 5.05. The van der Waals surface area contributed by atoms with E-state index in [1.165, 1.54) is 17.4 Å². The number of aryl methyl sites for hydroxylation is 1. The Kier molecular flexibility index (Phi) is 4.46. The third-order valence-electron chi connectivity index (χ3n) is 6.20. The van der Waals surface area contributed by atoms with Gasteiger partial charge in [0.05, 0.1) is 10.6 Å². The topological polar surface area (TPSA) is 32.3 Å². The van der Waals surface area contributed by atoms with Crippen molar-refractivity contribution in [3.63, 3.8) is 0 Å². The maximum Gasteiger partial charge on any atom is 0.265 e. The van der Waals surface area contributed by atoms with Crippen LogP contribution in [-0.4, -0.2) is 35.5 Å². The molecule has 0 radical (unpaired) electrons. The van der Waals surface area contributed by atoms with Crippen molar-refractivity contribution in [2.45, 2.75) is 38.3 Å². The van der Waals surface area contributed by atoms with E-state index in [1.807, 2.05) is 29.2 Å². The molecule has 2 fully saturated rings. The molecule has 1 spiro atoms. The number of hydrogen-bond acceptors (Lipinski definition) is 3. The molecule has 3 nitrogen and oxygen atoms in total. The second-order valence-corrected chi connectivity index (χ2v) is 9.88. The number of amides is 1. The van der Waals surface area contributed by atoms with Gasteiger partial charge in [-0.25, -0.2) is 4.39 Å². The van der Waals surface area contributed by atoms with E-state index in [-0.39, 0.29) is 17.3 Å². The summed E-state index contributed by atoms with van der Waals surface area (Å²) < 4.78 is 14.6. The maximum atomic E-state index is 13.6. The number of carbonyl (C=O) groups excluding carboxylic acids is 1. The highest BCUT2D eigenvalue weighted by molar-refractivity contribution is 7.21. The Morgan fingerprint density at radius 1 is 1.24 bits per heavy atom. The first kappa shape index (κ1) is 19.0. The van der Waals surface area contributed by atoms with Crippen LogP contribution in [0.15, 0.2) is 36.4 Å². The third-order valence-corrected chi connectivity index (χ3v) is 7.84. The minimum Gasteiger partial charge on any atom is -0.334 e. The molecule has 2 aromatic carbocycles.